The Kier molecular flexibility index (Phi) is 4.65. The van der Waals surface area contributed by atoms with Crippen LogP contribution in [0.5, 0.6) is 0 Å². The first-order valence-electron chi connectivity index (χ1n) is 5.58. The van der Waals surface area contributed by atoms with Gasteiger partial charge in [-0.3, -0.25) is 14.5 Å². The molecular weight excluding hydrogens is 309 g/mol. The predicted molar refractivity (Wildman–Crippen MR) is 75.7 cm³/mol. The van der Waals surface area contributed by atoms with Gasteiger partial charge in [-0.05, 0) is 5.92 Å². The lowest BCUT2D eigenvalue weighted by atomic mass is 10.1. The number of halogens is 2. The number of carbonyl (C=O) groups excluding carboxylic acids is 2. The zero-order valence-electron chi connectivity index (χ0n) is 10.1. The summed E-state index contributed by atoms with van der Waals surface area (Å²) in [5.74, 6) is 1.01. The van der Waals surface area contributed by atoms with Gasteiger partial charge in [-0.25, -0.2) is 9.97 Å². The van der Waals surface area contributed by atoms with Gasteiger partial charge in [0.2, 0.25) is 5.91 Å². The van der Waals surface area contributed by atoms with Gasteiger partial charge in [0.25, 0.3) is 0 Å². The third-order valence-electron chi connectivity index (χ3n) is 2.71. The smallest absolute Gasteiger partial charge is 0.228 e. The summed E-state index contributed by atoms with van der Waals surface area (Å²) < 4.78 is 0. The molecule has 1 aliphatic heterocycles. The second-order valence-electron chi connectivity index (χ2n) is 4.18. The maximum Gasteiger partial charge on any atom is 0.228 e. The van der Waals surface area contributed by atoms with Crippen molar-refractivity contribution in [2.45, 2.75) is 13.3 Å². The van der Waals surface area contributed by atoms with E-state index in [0.29, 0.717) is 24.5 Å². The largest absolute Gasteiger partial charge is 0.295 e. The Morgan fingerprint density at radius 3 is 2.95 bits per heavy atom. The lowest BCUT2D eigenvalue weighted by Gasteiger charge is -2.16. The van der Waals surface area contributed by atoms with E-state index in [9.17, 15) is 9.59 Å². The fourth-order valence-electron chi connectivity index (χ4n) is 1.86. The SMILES string of the molecule is CC(=O)SCC1CC(=O)N(c2ncnc(Cl)c2Cl)C1. The van der Waals surface area contributed by atoms with Crippen molar-refractivity contribution in [3.63, 3.8) is 0 Å². The molecule has 102 valence electrons. The molecule has 2 rings (SSSR count). The normalized spacial score (nSPS) is 19.0. The van der Waals surface area contributed by atoms with Crippen LogP contribution in [0.15, 0.2) is 6.33 Å². The van der Waals surface area contributed by atoms with E-state index in [1.54, 1.807) is 0 Å². The van der Waals surface area contributed by atoms with Crippen molar-refractivity contribution in [3.05, 3.63) is 16.5 Å². The van der Waals surface area contributed by atoms with Gasteiger partial charge in [0, 0.05) is 25.6 Å². The number of amides is 1. The van der Waals surface area contributed by atoms with Crippen LogP contribution in [-0.2, 0) is 9.59 Å². The molecule has 0 aliphatic carbocycles. The van der Waals surface area contributed by atoms with Crippen LogP contribution in [-0.4, -0.2) is 33.3 Å². The second-order valence-corrected chi connectivity index (χ2v) is 6.11. The first-order valence-corrected chi connectivity index (χ1v) is 7.33. The maximum atomic E-state index is 12.0. The molecule has 0 saturated carbocycles. The first kappa shape index (κ1) is 14.6. The molecular formula is C11H11Cl2N3O2S. The molecule has 8 heteroatoms. The number of carbonyl (C=O) groups is 2. The van der Waals surface area contributed by atoms with Crippen molar-refractivity contribution in [3.8, 4) is 0 Å². The van der Waals surface area contributed by atoms with E-state index in [-0.39, 0.29) is 27.1 Å². The van der Waals surface area contributed by atoms with Crippen LogP contribution < -0.4 is 4.90 Å². The van der Waals surface area contributed by atoms with Gasteiger partial charge in [-0.2, -0.15) is 0 Å². The monoisotopic (exact) mass is 319 g/mol. The Hall–Kier alpha value is -0.850. The summed E-state index contributed by atoms with van der Waals surface area (Å²) in [5, 5.41) is 0.354. The molecule has 0 spiro atoms. The van der Waals surface area contributed by atoms with Gasteiger partial charge in [-0.1, -0.05) is 35.0 Å². The van der Waals surface area contributed by atoms with E-state index in [1.807, 2.05) is 0 Å². The fourth-order valence-corrected chi connectivity index (χ4v) is 2.88. The fraction of sp³-hybridized carbons (Fsp3) is 0.455. The minimum atomic E-state index is -0.0641. The molecule has 0 radical (unpaired) electrons. The van der Waals surface area contributed by atoms with Crippen LogP contribution in [0.25, 0.3) is 0 Å². The van der Waals surface area contributed by atoms with Crippen molar-refractivity contribution >= 4 is 51.8 Å². The predicted octanol–water partition coefficient (Wildman–Crippen LogP) is 2.42. The molecule has 5 nitrogen and oxygen atoms in total. The Morgan fingerprint density at radius 1 is 1.53 bits per heavy atom. The Balaban J connectivity index is 2.11. The van der Waals surface area contributed by atoms with Gasteiger partial charge in [-0.15, -0.1) is 0 Å². The van der Waals surface area contributed by atoms with Crippen LogP contribution in [0.3, 0.4) is 0 Å². The zero-order valence-corrected chi connectivity index (χ0v) is 12.4. The highest BCUT2D eigenvalue weighted by Gasteiger charge is 2.33. The average Bonchev–Trinajstić information content (AvgIpc) is 2.71. The summed E-state index contributed by atoms with van der Waals surface area (Å²) in [4.78, 5) is 32.2. The first-order chi connectivity index (χ1) is 8.99. The van der Waals surface area contributed by atoms with Gasteiger partial charge in [0.15, 0.2) is 16.1 Å². The Morgan fingerprint density at radius 2 is 2.26 bits per heavy atom. The molecule has 0 aromatic carbocycles. The van der Waals surface area contributed by atoms with Crippen molar-refractivity contribution in [1.82, 2.24) is 9.97 Å². The van der Waals surface area contributed by atoms with Crippen molar-refractivity contribution in [1.29, 1.82) is 0 Å². The van der Waals surface area contributed by atoms with E-state index in [4.69, 9.17) is 23.2 Å². The second kappa shape index (κ2) is 6.07. The van der Waals surface area contributed by atoms with Gasteiger partial charge in [0.05, 0.1) is 0 Å². The van der Waals surface area contributed by atoms with Crippen LogP contribution >= 0.6 is 35.0 Å². The highest BCUT2D eigenvalue weighted by atomic mass is 35.5. The molecule has 1 atom stereocenters. The minimum Gasteiger partial charge on any atom is -0.295 e. The minimum absolute atomic E-state index is 0.0500. The number of rotatable bonds is 3. The standard InChI is InChI=1S/C11H11Cl2N3O2S/c1-6(17)19-4-7-2-8(18)16(3-7)11-9(12)10(13)14-5-15-11/h5,7H,2-4H2,1H3. The van der Waals surface area contributed by atoms with E-state index < -0.39 is 0 Å². The summed E-state index contributed by atoms with van der Waals surface area (Å²) in [6.07, 6.45) is 1.66. The topological polar surface area (TPSA) is 63.2 Å². The molecule has 1 aromatic rings. The van der Waals surface area contributed by atoms with Gasteiger partial charge < -0.3 is 0 Å². The number of hydrogen-bond acceptors (Lipinski definition) is 5. The quantitative estimate of drug-likeness (QED) is 0.800. The summed E-state index contributed by atoms with van der Waals surface area (Å²) in [6, 6.07) is 0. The number of thioether (sulfide) groups is 1. The summed E-state index contributed by atoms with van der Waals surface area (Å²) in [5.41, 5.74) is 0. The third-order valence-corrected chi connectivity index (χ3v) is 4.49. The molecule has 2 heterocycles. The molecule has 1 unspecified atom stereocenters. The number of anilines is 1. The molecule has 1 aromatic heterocycles. The van der Waals surface area contributed by atoms with Crippen LogP contribution in [0, 0.1) is 5.92 Å². The Labute approximate surface area is 124 Å². The zero-order chi connectivity index (χ0) is 14.0. The van der Waals surface area contributed by atoms with E-state index >= 15 is 0 Å². The maximum absolute atomic E-state index is 12.0. The lowest BCUT2D eigenvalue weighted by Crippen LogP contribution is -2.26. The van der Waals surface area contributed by atoms with Crippen LogP contribution in [0.4, 0.5) is 5.82 Å². The van der Waals surface area contributed by atoms with Crippen molar-refractivity contribution in [2.75, 3.05) is 17.2 Å². The molecule has 1 aliphatic rings. The van der Waals surface area contributed by atoms with Crippen LogP contribution in [0.1, 0.15) is 13.3 Å². The highest BCUT2D eigenvalue weighted by molar-refractivity contribution is 8.13. The molecule has 1 saturated heterocycles. The lowest BCUT2D eigenvalue weighted by molar-refractivity contribution is -0.117. The molecule has 0 N–H and O–H groups in total. The summed E-state index contributed by atoms with van der Waals surface area (Å²) in [7, 11) is 0. The molecule has 1 amide bonds. The van der Waals surface area contributed by atoms with Gasteiger partial charge in [0.1, 0.15) is 11.3 Å². The van der Waals surface area contributed by atoms with Crippen molar-refractivity contribution < 1.29 is 9.59 Å². The summed E-state index contributed by atoms with van der Waals surface area (Å²) in [6.45, 7) is 2.01. The summed E-state index contributed by atoms with van der Waals surface area (Å²) >= 11 is 13.0. The van der Waals surface area contributed by atoms with E-state index in [2.05, 4.69) is 9.97 Å². The third kappa shape index (κ3) is 3.38. The van der Waals surface area contributed by atoms with Gasteiger partial charge >= 0.3 is 0 Å². The van der Waals surface area contributed by atoms with Crippen molar-refractivity contribution in [2.24, 2.45) is 5.92 Å². The average molecular weight is 320 g/mol. The molecule has 1 fully saturated rings. The number of nitrogens with zero attached hydrogens (tertiary/aromatic N) is 3. The number of aromatic nitrogens is 2. The number of hydrogen-bond donors (Lipinski definition) is 0. The Bertz CT molecular complexity index is 527. The van der Waals surface area contributed by atoms with Crippen LogP contribution in [0.2, 0.25) is 10.2 Å². The van der Waals surface area contributed by atoms with E-state index in [1.165, 1.54) is 29.9 Å². The highest BCUT2D eigenvalue weighted by Crippen LogP contribution is 2.33. The molecule has 19 heavy (non-hydrogen) atoms. The molecule has 0 bridgehead atoms. The van der Waals surface area contributed by atoms with E-state index in [0.717, 1.165) is 0 Å².